The molecular weight excluding hydrogens is 360 g/mol. The van der Waals surface area contributed by atoms with Crippen LogP contribution in [0.15, 0.2) is 48.5 Å². The second-order valence-corrected chi connectivity index (χ2v) is 7.19. The molecule has 0 saturated carbocycles. The predicted octanol–water partition coefficient (Wildman–Crippen LogP) is 3.32. The third-order valence-corrected chi connectivity index (χ3v) is 5.79. The summed E-state index contributed by atoms with van der Waals surface area (Å²) in [4.78, 5) is 42.9. The SMILES string of the molecule is CC12C(=O)N(c3ccc([N+](=O)[O-])cc3)C(=O)N1CCc1c2[nH]c2ccccc12. The van der Waals surface area contributed by atoms with Crippen LogP contribution in [0.25, 0.3) is 10.9 Å². The zero-order chi connectivity index (χ0) is 19.6. The summed E-state index contributed by atoms with van der Waals surface area (Å²) in [5, 5.41) is 11.9. The number of fused-ring (bicyclic) bond motifs is 5. The van der Waals surface area contributed by atoms with Gasteiger partial charge in [0.15, 0.2) is 5.54 Å². The third-order valence-electron chi connectivity index (χ3n) is 5.79. The van der Waals surface area contributed by atoms with Gasteiger partial charge in [0, 0.05) is 29.6 Å². The summed E-state index contributed by atoms with van der Waals surface area (Å²) in [7, 11) is 0. The number of nitro benzene ring substituents is 1. The summed E-state index contributed by atoms with van der Waals surface area (Å²) in [6.45, 7) is 2.19. The van der Waals surface area contributed by atoms with E-state index >= 15 is 0 Å². The van der Waals surface area contributed by atoms with E-state index in [0.717, 1.165) is 27.1 Å². The van der Waals surface area contributed by atoms with Crippen molar-refractivity contribution in [3.8, 4) is 0 Å². The smallest absolute Gasteiger partial charge is 0.332 e. The number of nitrogens with zero attached hydrogens (tertiary/aromatic N) is 3. The summed E-state index contributed by atoms with van der Waals surface area (Å²) in [6, 6.07) is 12.9. The number of anilines is 1. The summed E-state index contributed by atoms with van der Waals surface area (Å²) in [5.41, 5.74) is 1.83. The van der Waals surface area contributed by atoms with Gasteiger partial charge in [0.05, 0.1) is 16.3 Å². The van der Waals surface area contributed by atoms with E-state index in [-0.39, 0.29) is 11.6 Å². The number of non-ortho nitro benzene ring substituents is 1. The molecule has 2 aromatic carbocycles. The number of H-pyrrole nitrogens is 1. The molecule has 0 spiro atoms. The van der Waals surface area contributed by atoms with Crippen LogP contribution < -0.4 is 4.90 Å². The number of aromatic amines is 1. The van der Waals surface area contributed by atoms with Crippen LogP contribution in [-0.4, -0.2) is 33.3 Å². The van der Waals surface area contributed by atoms with Crippen LogP contribution in [0.1, 0.15) is 18.2 Å². The number of hydrogen-bond acceptors (Lipinski definition) is 4. The number of benzene rings is 2. The highest BCUT2D eigenvalue weighted by Gasteiger charge is 2.59. The van der Waals surface area contributed by atoms with Gasteiger partial charge in [0.25, 0.3) is 11.6 Å². The first-order valence-electron chi connectivity index (χ1n) is 8.93. The molecule has 8 nitrogen and oxygen atoms in total. The topological polar surface area (TPSA) is 99.6 Å². The van der Waals surface area contributed by atoms with Crippen LogP contribution >= 0.6 is 0 Å². The van der Waals surface area contributed by atoms with E-state index in [1.165, 1.54) is 24.3 Å². The third kappa shape index (κ3) is 1.94. The molecule has 3 heterocycles. The molecule has 1 atom stereocenters. The molecule has 28 heavy (non-hydrogen) atoms. The molecule has 2 aliphatic heterocycles. The lowest BCUT2D eigenvalue weighted by molar-refractivity contribution is -0.384. The van der Waals surface area contributed by atoms with E-state index in [9.17, 15) is 19.7 Å². The number of carbonyl (C=O) groups is 2. The van der Waals surface area contributed by atoms with Crippen LogP contribution in [0.3, 0.4) is 0 Å². The predicted molar refractivity (Wildman–Crippen MR) is 102 cm³/mol. The number of para-hydroxylation sites is 1. The van der Waals surface area contributed by atoms with Gasteiger partial charge in [-0.05, 0) is 37.1 Å². The summed E-state index contributed by atoms with van der Waals surface area (Å²) < 4.78 is 0. The molecule has 1 saturated heterocycles. The van der Waals surface area contributed by atoms with Crippen LogP contribution in [-0.2, 0) is 16.8 Å². The van der Waals surface area contributed by atoms with Crippen molar-refractivity contribution in [2.24, 2.45) is 0 Å². The molecular formula is C20H16N4O4. The number of amides is 3. The quantitative estimate of drug-likeness (QED) is 0.421. The molecule has 1 aromatic heterocycles. The van der Waals surface area contributed by atoms with Crippen LogP contribution in [0.4, 0.5) is 16.2 Å². The Labute approximate surface area is 159 Å². The van der Waals surface area contributed by atoms with E-state index in [1.807, 2.05) is 24.3 Å². The van der Waals surface area contributed by atoms with Crippen LogP contribution in [0, 0.1) is 10.1 Å². The van der Waals surface area contributed by atoms with Crippen molar-refractivity contribution >= 4 is 34.2 Å². The summed E-state index contributed by atoms with van der Waals surface area (Å²) in [5.74, 6) is -0.362. The van der Waals surface area contributed by atoms with E-state index in [1.54, 1.807) is 11.8 Å². The molecule has 140 valence electrons. The standard InChI is InChI=1S/C20H16N4O4/c1-20-17-15(14-4-2-3-5-16(14)21-17)10-11-22(20)19(26)23(18(20)25)12-6-8-13(9-7-12)24(27)28/h2-9,21H,10-11H2,1H3. The Morgan fingerprint density at radius 2 is 1.82 bits per heavy atom. The largest absolute Gasteiger partial charge is 0.356 e. The van der Waals surface area contributed by atoms with Gasteiger partial charge >= 0.3 is 6.03 Å². The highest BCUT2D eigenvalue weighted by Crippen LogP contribution is 2.45. The molecule has 1 fully saturated rings. The van der Waals surface area contributed by atoms with Crippen LogP contribution in [0.2, 0.25) is 0 Å². The van der Waals surface area contributed by atoms with Crippen molar-refractivity contribution in [2.75, 3.05) is 11.4 Å². The van der Waals surface area contributed by atoms with Crippen LogP contribution in [0.5, 0.6) is 0 Å². The number of nitrogens with one attached hydrogen (secondary N) is 1. The minimum Gasteiger partial charge on any atom is -0.356 e. The Balaban J connectivity index is 1.63. The second-order valence-electron chi connectivity index (χ2n) is 7.19. The average Bonchev–Trinajstić information content (AvgIpc) is 3.17. The van der Waals surface area contributed by atoms with Crippen molar-refractivity contribution in [2.45, 2.75) is 18.9 Å². The van der Waals surface area contributed by atoms with E-state index in [4.69, 9.17) is 0 Å². The lowest BCUT2D eigenvalue weighted by atomic mass is 9.87. The summed E-state index contributed by atoms with van der Waals surface area (Å²) in [6.07, 6.45) is 0.655. The first-order valence-corrected chi connectivity index (χ1v) is 8.93. The van der Waals surface area contributed by atoms with E-state index in [2.05, 4.69) is 4.98 Å². The van der Waals surface area contributed by atoms with Gasteiger partial charge in [-0.3, -0.25) is 14.9 Å². The zero-order valence-corrected chi connectivity index (χ0v) is 15.0. The highest BCUT2D eigenvalue weighted by atomic mass is 16.6. The molecule has 3 amide bonds. The van der Waals surface area contributed by atoms with Crippen molar-refractivity contribution in [1.29, 1.82) is 0 Å². The fraction of sp³-hybridized carbons (Fsp3) is 0.200. The fourth-order valence-electron chi connectivity index (χ4n) is 4.34. The fourth-order valence-corrected chi connectivity index (χ4v) is 4.34. The Morgan fingerprint density at radius 3 is 2.54 bits per heavy atom. The molecule has 5 rings (SSSR count). The molecule has 0 radical (unpaired) electrons. The average molecular weight is 376 g/mol. The Kier molecular flexibility index (Phi) is 3.19. The number of nitro groups is 1. The Morgan fingerprint density at radius 1 is 1.11 bits per heavy atom. The maximum absolute atomic E-state index is 13.4. The molecule has 2 aliphatic rings. The van der Waals surface area contributed by atoms with Gasteiger partial charge in [-0.2, -0.15) is 0 Å². The van der Waals surface area contributed by atoms with Gasteiger partial charge < -0.3 is 9.88 Å². The first-order chi connectivity index (χ1) is 13.4. The van der Waals surface area contributed by atoms with Crippen molar-refractivity contribution in [1.82, 2.24) is 9.88 Å². The monoisotopic (exact) mass is 376 g/mol. The van der Waals surface area contributed by atoms with Gasteiger partial charge in [0.1, 0.15) is 0 Å². The highest BCUT2D eigenvalue weighted by molar-refractivity contribution is 6.23. The van der Waals surface area contributed by atoms with Crippen molar-refractivity contribution in [3.05, 3.63) is 69.9 Å². The minimum absolute atomic E-state index is 0.0929. The van der Waals surface area contributed by atoms with E-state index in [0.29, 0.717) is 18.7 Å². The molecule has 8 heteroatoms. The van der Waals surface area contributed by atoms with Gasteiger partial charge in [-0.1, -0.05) is 18.2 Å². The second kappa shape index (κ2) is 5.41. The molecule has 0 bridgehead atoms. The number of imide groups is 1. The first kappa shape index (κ1) is 16.5. The maximum atomic E-state index is 13.4. The number of aromatic nitrogens is 1. The lowest BCUT2D eigenvalue weighted by Gasteiger charge is -2.35. The number of rotatable bonds is 2. The zero-order valence-electron chi connectivity index (χ0n) is 15.0. The van der Waals surface area contributed by atoms with Crippen molar-refractivity contribution < 1.29 is 14.5 Å². The molecule has 0 aliphatic carbocycles. The number of hydrogen-bond donors (Lipinski definition) is 1. The van der Waals surface area contributed by atoms with Gasteiger partial charge in [0.2, 0.25) is 0 Å². The maximum Gasteiger partial charge on any atom is 0.332 e. The minimum atomic E-state index is -1.13. The Bertz CT molecular complexity index is 1170. The van der Waals surface area contributed by atoms with Crippen molar-refractivity contribution in [3.63, 3.8) is 0 Å². The lowest BCUT2D eigenvalue weighted by Crippen LogP contribution is -2.49. The Hall–Kier alpha value is -3.68. The van der Waals surface area contributed by atoms with E-state index < -0.39 is 16.5 Å². The summed E-state index contributed by atoms with van der Waals surface area (Å²) >= 11 is 0. The van der Waals surface area contributed by atoms with Gasteiger partial charge in [-0.25, -0.2) is 9.69 Å². The molecule has 1 unspecified atom stereocenters. The van der Waals surface area contributed by atoms with Gasteiger partial charge in [-0.15, -0.1) is 0 Å². The molecule has 1 N–H and O–H groups in total. The number of urea groups is 1. The number of carbonyl (C=O) groups excluding carboxylic acids is 2. The molecule has 3 aromatic rings. The normalized spacial score (nSPS) is 21.2.